The molecule has 0 saturated carbocycles. The van der Waals surface area contributed by atoms with Gasteiger partial charge in [-0.05, 0) is 28.1 Å². The zero-order valence-electron chi connectivity index (χ0n) is 9.38. The van der Waals surface area contributed by atoms with Crippen molar-refractivity contribution in [2.24, 2.45) is 0 Å². The van der Waals surface area contributed by atoms with Gasteiger partial charge in [-0.25, -0.2) is 9.78 Å². The molecule has 96 valence electrons. The molecule has 0 saturated heterocycles. The van der Waals surface area contributed by atoms with E-state index in [0.717, 1.165) is 0 Å². The summed E-state index contributed by atoms with van der Waals surface area (Å²) in [6.45, 7) is -0.0637. The average molecular weight is 316 g/mol. The fraction of sp³-hybridized carbons (Fsp3) is 0.300. The van der Waals surface area contributed by atoms with Crippen molar-refractivity contribution in [3.8, 4) is 5.75 Å². The number of carbonyl (C=O) groups is 2. The average Bonchev–Trinajstić information content (AvgIpc) is 2.42. The van der Waals surface area contributed by atoms with Gasteiger partial charge in [-0.3, -0.25) is 9.69 Å². The van der Waals surface area contributed by atoms with Crippen LogP contribution < -0.4 is 15.0 Å². The van der Waals surface area contributed by atoms with Crippen LogP contribution in [-0.4, -0.2) is 41.8 Å². The summed E-state index contributed by atoms with van der Waals surface area (Å²) in [6.07, 6.45) is -1.27. The first-order chi connectivity index (χ1) is 8.49. The molecule has 1 aromatic heterocycles. The third-order valence-electron chi connectivity index (χ3n) is 2.45. The van der Waals surface area contributed by atoms with Gasteiger partial charge in [0.25, 0.3) is 5.91 Å². The summed E-state index contributed by atoms with van der Waals surface area (Å²) in [7, 11) is 1.52. The van der Waals surface area contributed by atoms with Gasteiger partial charge in [-0.2, -0.15) is 0 Å². The van der Waals surface area contributed by atoms with Crippen molar-refractivity contribution < 1.29 is 19.4 Å². The molecule has 0 unspecified atom stereocenters. The van der Waals surface area contributed by atoms with Crippen LogP contribution in [0.1, 0.15) is 0 Å². The van der Waals surface area contributed by atoms with Gasteiger partial charge in [0.15, 0.2) is 11.6 Å². The molecule has 1 atom stereocenters. The summed E-state index contributed by atoms with van der Waals surface area (Å²) >= 11 is 3.20. The number of halogens is 1. The Morgan fingerprint density at radius 2 is 2.39 bits per heavy atom. The van der Waals surface area contributed by atoms with E-state index in [1.165, 1.54) is 11.9 Å². The summed E-state index contributed by atoms with van der Waals surface area (Å²) in [5.74, 6) is 0.370. The highest BCUT2D eigenvalue weighted by Crippen LogP contribution is 2.29. The summed E-state index contributed by atoms with van der Waals surface area (Å²) in [5.41, 5.74) is 0. The molecule has 18 heavy (non-hydrogen) atoms. The number of carboxylic acid groups (broad SMARTS) is 1. The Morgan fingerprint density at radius 1 is 1.67 bits per heavy atom. The largest absolute Gasteiger partial charge is 0.487 e. The number of hydrogen-bond donors (Lipinski definition) is 2. The van der Waals surface area contributed by atoms with E-state index in [1.54, 1.807) is 12.1 Å². The quantitative estimate of drug-likeness (QED) is 0.749. The van der Waals surface area contributed by atoms with Gasteiger partial charge < -0.3 is 15.2 Å². The second kappa shape index (κ2) is 4.81. The van der Waals surface area contributed by atoms with Crippen LogP contribution in [0, 0.1) is 0 Å². The van der Waals surface area contributed by atoms with Crippen molar-refractivity contribution in [2.45, 2.75) is 6.04 Å². The number of nitrogens with zero attached hydrogens (tertiary/aromatic N) is 2. The number of pyridine rings is 1. The van der Waals surface area contributed by atoms with Crippen molar-refractivity contribution in [3.05, 3.63) is 16.7 Å². The van der Waals surface area contributed by atoms with Crippen LogP contribution in [0.4, 0.5) is 10.6 Å². The Balaban J connectivity index is 2.33. The summed E-state index contributed by atoms with van der Waals surface area (Å²) < 4.78 is 5.95. The molecular weight excluding hydrogens is 306 g/mol. The Labute approximate surface area is 111 Å². The molecule has 1 aliphatic heterocycles. The Morgan fingerprint density at radius 3 is 3.06 bits per heavy atom. The summed E-state index contributed by atoms with van der Waals surface area (Å²) in [5, 5.41) is 10.8. The molecule has 2 heterocycles. The number of nitrogens with one attached hydrogen (secondary N) is 1. The Hall–Kier alpha value is -1.83. The molecule has 0 fully saturated rings. The minimum absolute atomic E-state index is 0.0637. The molecule has 0 aliphatic carbocycles. The van der Waals surface area contributed by atoms with E-state index in [1.807, 2.05) is 0 Å². The minimum atomic E-state index is -1.27. The predicted molar refractivity (Wildman–Crippen MR) is 65.8 cm³/mol. The maximum atomic E-state index is 12.0. The molecule has 2 amide bonds. The second-order valence-electron chi connectivity index (χ2n) is 3.67. The van der Waals surface area contributed by atoms with Crippen molar-refractivity contribution >= 4 is 33.7 Å². The Kier molecular flexibility index (Phi) is 3.37. The Bertz CT molecular complexity index is 508. The predicted octanol–water partition coefficient (Wildman–Crippen LogP) is 0.835. The number of ether oxygens (including phenoxy) is 1. The highest BCUT2D eigenvalue weighted by Gasteiger charge is 2.31. The van der Waals surface area contributed by atoms with E-state index in [9.17, 15) is 9.59 Å². The van der Waals surface area contributed by atoms with Gasteiger partial charge in [0.2, 0.25) is 0 Å². The lowest BCUT2D eigenvalue weighted by molar-refractivity contribution is -0.120. The zero-order chi connectivity index (χ0) is 13.3. The van der Waals surface area contributed by atoms with Gasteiger partial charge in [-0.15, -0.1) is 0 Å². The molecule has 0 aromatic carbocycles. The number of hydrogen-bond acceptors (Lipinski definition) is 4. The van der Waals surface area contributed by atoms with Crippen LogP contribution in [0.5, 0.6) is 5.75 Å². The van der Waals surface area contributed by atoms with Gasteiger partial charge in [0, 0.05) is 7.05 Å². The van der Waals surface area contributed by atoms with Crippen molar-refractivity contribution in [3.63, 3.8) is 0 Å². The molecular formula is C10H10BrN3O4. The van der Waals surface area contributed by atoms with E-state index < -0.39 is 18.0 Å². The molecule has 0 bridgehead atoms. The second-order valence-corrected chi connectivity index (χ2v) is 4.48. The monoisotopic (exact) mass is 315 g/mol. The fourth-order valence-electron chi connectivity index (χ4n) is 1.60. The lowest BCUT2D eigenvalue weighted by Crippen LogP contribution is -2.49. The summed E-state index contributed by atoms with van der Waals surface area (Å²) in [4.78, 5) is 28.0. The summed E-state index contributed by atoms with van der Waals surface area (Å²) in [6, 6.07) is 2.40. The van der Waals surface area contributed by atoms with E-state index in [-0.39, 0.29) is 6.61 Å². The van der Waals surface area contributed by atoms with Gasteiger partial charge >= 0.3 is 6.09 Å². The van der Waals surface area contributed by atoms with E-state index in [4.69, 9.17) is 9.84 Å². The number of carbonyl (C=O) groups excluding carboxylic acids is 1. The van der Waals surface area contributed by atoms with Gasteiger partial charge in [0.1, 0.15) is 17.3 Å². The number of fused-ring (bicyclic) bond motifs is 1. The maximum absolute atomic E-state index is 12.0. The number of aromatic nitrogens is 1. The molecule has 0 spiro atoms. The van der Waals surface area contributed by atoms with Crippen LogP contribution in [0.25, 0.3) is 0 Å². The molecule has 2 rings (SSSR count). The third kappa shape index (κ3) is 2.37. The molecule has 0 radical (unpaired) electrons. The smallest absolute Gasteiger partial charge is 0.405 e. The lowest BCUT2D eigenvalue weighted by atomic mass is 10.3. The van der Waals surface area contributed by atoms with Crippen LogP contribution in [-0.2, 0) is 4.79 Å². The molecule has 8 heteroatoms. The number of rotatable bonds is 1. The third-order valence-corrected chi connectivity index (χ3v) is 2.90. The van der Waals surface area contributed by atoms with Crippen molar-refractivity contribution in [1.29, 1.82) is 0 Å². The first kappa shape index (κ1) is 12.6. The first-order valence-corrected chi connectivity index (χ1v) is 5.84. The molecule has 2 N–H and O–H groups in total. The SMILES string of the molecule is CN1C(=O)[C@@H](NC(=O)O)COc2ccc(Br)nc21. The van der Waals surface area contributed by atoms with Crippen molar-refractivity contribution in [1.82, 2.24) is 10.3 Å². The van der Waals surface area contributed by atoms with Gasteiger partial charge in [-0.1, -0.05) is 0 Å². The number of amides is 2. The van der Waals surface area contributed by atoms with Crippen LogP contribution in [0.2, 0.25) is 0 Å². The van der Waals surface area contributed by atoms with E-state index >= 15 is 0 Å². The first-order valence-electron chi connectivity index (χ1n) is 5.05. The molecule has 1 aliphatic rings. The van der Waals surface area contributed by atoms with Crippen LogP contribution in [0.15, 0.2) is 16.7 Å². The van der Waals surface area contributed by atoms with E-state index in [2.05, 4.69) is 26.2 Å². The van der Waals surface area contributed by atoms with Crippen molar-refractivity contribution in [2.75, 3.05) is 18.6 Å². The normalized spacial score (nSPS) is 18.7. The highest BCUT2D eigenvalue weighted by atomic mass is 79.9. The minimum Gasteiger partial charge on any atom is -0.487 e. The van der Waals surface area contributed by atoms with Crippen LogP contribution in [0.3, 0.4) is 0 Å². The molecule has 1 aromatic rings. The number of anilines is 1. The maximum Gasteiger partial charge on any atom is 0.405 e. The standard InChI is InChI=1S/C10H10BrN3O4/c1-14-8-6(2-3-7(11)13-8)18-4-5(9(14)15)12-10(16)17/h2-3,5,12H,4H2,1H3,(H,16,17)/t5-/m0/s1. The highest BCUT2D eigenvalue weighted by molar-refractivity contribution is 9.10. The number of likely N-dealkylation sites (N-methyl/N-ethyl adjacent to an activating group) is 1. The van der Waals surface area contributed by atoms with Crippen LogP contribution >= 0.6 is 15.9 Å². The van der Waals surface area contributed by atoms with E-state index in [0.29, 0.717) is 16.2 Å². The topological polar surface area (TPSA) is 91.8 Å². The van der Waals surface area contributed by atoms with Gasteiger partial charge in [0.05, 0.1) is 0 Å². The lowest BCUT2D eigenvalue weighted by Gasteiger charge is -2.18. The molecule has 7 nitrogen and oxygen atoms in total. The zero-order valence-corrected chi connectivity index (χ0v) is 11.0. The fourth-order valence-corrected chi connectivity index (χ4v) is 1.90.